The second kappa shape index (κ2) is 7.75. The SMILES string of the molecule is Cc1noc(C)c1S(=O)(=O)NC(C)C(=O)NC1(C(=O)O)CCCCCC1. The Morgan fingerprint density at radius 2 is 1.77 bits per heavy atom. The molecule has 1 saturated carbocycles. The largest absolute Gasteiger partial charge is 0.480 e. The number of sulfonamides is 1. The summed E-state index contributed by atoms with van der Waals surface area (Å²) in [5.41, 5.74) is -1.16. The molecule has 26 heavy (non-hydrogen) atoms. The number of nitrogens with zero attached hydrogens (tertiary/aromatic N) is 1. The third-order valence-electron chi connectivity index (χ3n) is 4.69. The van der Waals surface area contributed by atoms with Crippen molar-refractivity contribution in [1.82, 2.24) is 15.2 Å². The minimum Gasteiger partial charge on any atom is -0.480 e. The summed E-state index contributed by atoms with van der Waals surface area (Å²) in [6, 6.07) is -1.15. The van der Waals surface area contributed by atoms with Crippen LogP contribution in [0.15, 0.2) is 9.42 Å². The molecule has 9 nitrogen and oxygen atoms in total. The lowest BCUT2D eigenvalue weighted by molar-refractivity contribution is -0.148. The predicted molar refractivity (Wildman–Crippen MR) is 92.0 cm³/mol. The number of carbonyl (C=O) groups excluding carboxylic acids is 1. The number of aliphatic carboxylic acids is 1. The Balaban J connectivity index is 2.15. The summed E-state index contributed by atoms with van der Waals surface area (Å²) < 4.78 is 32.1. The highest BCUT2D eigenvalue weighted by molar-refractivity contribution is 7.89. The number of hydrogen-bond donors (Lipinski definition) is 3. The van der Waals surface area contributed by atoms with E-state index in [0.29, 0.717) is 25.7 Å². The summed E-state index contributed by atoms with van der Waals surface area (Å²) in [7, 11) is -4.03. The molecule has 10 heteroatoms. The first-order chi connectivity index (χ1) is 12.1. The third kappa shape index (κ3) is 4.24. The van der Waals surface area contributed by atoms with Gasteiger partial charge in [-0.15, -0.1) is 0 Å². The first kappa shape index (κ1) is 20.4. The van der Waals surface area contributed by atoms with Crippen molar-refractivity contribution in [3.63, 3.8) is 0 Å². The number of carboxylic acids is 1. The summed E-state index contributed by atoms with van der Waals surface area (Å²) >= 11 is 0. The molecule has 0 spiro atoms. The van der Waals surface area contributed by atoms with Gasteiger partial charge in [-0.3, -0.25) is 4.79 Å². The zero-order chi connectivity index (χ0) is 19.5. The van der Waals surface area contributed by atoms with Crippen LogP contribution in [0, 0.1) is 13.8 Å². The van der Waals surface area contributed by atoms with Crippen LogP contribution in [-0.2, 0) is 19.6 Å². The predicted octanol–water partition coefficient (Wildman–Crippen LogP) is 1.25. The Morgan fingerprint density at radius 3 is 2.23 bits per heavy atom. The molecule has 0 aromatic carbocycles. The van der Waals surface area contributed by atoms with Gasteiger partial charge >= 0.3 is 5.97 Å². The van der Waals surface area contributed by atoms with Crippen molar-refractivity contribution in [3.05, 3.63) is 11.5 Å². The van der Waals surface area contributed by atoms with E-state index in [1.54, 1.807) is 0 Å². The van der Waals surface area contributed by atoms with Gasteiger partial charge in [0.25, 0.3) is 0 Å². The van der Waals surface area contributed by atoms with Gasteiger partial charge in [-0.25, -0.2) is 13.2 Å². The fraction of sp³-hybridized carbons (Fsp3) is 0.688. The zero-order valence-electron chi connectivity index (χ0n) is 15.2. The number of aromatic nitrogens is 1. The second-order valence-electron chi connectivity index (χ2n) is 6.79. The average molecular weight is 387 g/mol. The van der Waals surface area contributed by atoms with E-state index in [0.717, 1.165) is 12.8 Å². The van der Waals surface area contributed by atoms with Crippen LogP contribution in [0.25, 0.3) is 0 Å². The van der Waals surface area contributed by atoms with Gasteiger partial charge in [-0.2, -0.15) is 4.72 Å². The van der Waals surface area contributed by atoms with Gasteiger partial charge in [0, 0.05) is 0 Å². The van der Waals surface area contributed by atoms with Crippen LogP contribution in [0.5, 0.6) is 0 Å². The van der Waals surface area contributed by atoms with Gasteiger partial charge < -0.3 is 14.9 Å². The molecule has 1 aliphatic rings. The summed E-state index contributed by atoms with van der Waals surface area (Å²) in [4.78, 5) is 24.2. The first-order valence-corrected chi connectivity index (χ1v) is 10.1. The normalized spacial score (nSPS) is 18.7. The number of carbonyl (C=O) groups is 2. The molecule has 0 saturated heterocycles. The van der Waals surface area contributed by atoms with Crippen molar-refractivity contribution in [2.24, 2.45) is 0 Å². The number of hydrogen-bond acceptors (Lipinski definition) is 6. The van der Waals surface area contributed by atoms with Crippen LogP contribution in [0.1, 0.15) is 56.9 Å². The van der Waals surface area contributed by atoms with Crippen LogP contribution in [0.3, 0.4) is 0 Å². The Morgan fingerprint density at radius 1 is 1.19 bits per heavy atom. The van der Waals surface area contributed by atoms with E-state index < -0.39 is 33.5 Å². The molecular formula is C16H25N3O6S. The quantitative estimate of drug-likeness (QED) is 0.624. The van der Waals surface area contributed by atoms with Gasteiger partial charge in [0.1, 0.15) is 16.1 Å². The standard InChI is InChI=1S/C16H25N3O6S/c1-10-13(12(3)25-18-10)26(23,24)19-11(2)14(20)17-16(15(21)22)8-6-4-5-7-9-16/h11,19H,4-9H2,1-3H3,(H,17,20)(H,21,22). The fourth-order valence-corrected chi connectivity index (χ4v) is 4.80. The minimum absolute atomic E-state index is 0.112. The van der Waals surface area contributed by atoms with Gasteiger partial charge in [-0.05, 0) is 33.6 Å². The summed E-state index contributed by atoms with van der Waals surface area (Å²) in [5, 5.41) is 15.8. The zero-order valence-corrected chi connectivity index (χ0v) is 16.0. The minimum atomic E-state index is -4.03. The molecule has 0 radical (unpaired) electrons. The van der Waals surface area contributed by atoms with Crippen LogP contribution in [0.4, 0.5) is 0 Å². The van der Waals surface area contributed by atoms with E-state index in [2.05, 4.69) is 15.2 Å². The van der Waals surface area contributed by atoms with Crippen molar-refractivity contribution in [2.75, 3.05) is 0 Å². The maximum absolute atomic E-state index is 12.5. The number of carboxylic acid groups (broad SMARTS) is 1. The van der Waals surface area contributed by atoms with Gasteiger partial charge in [-0.1, -0.05) is 30.8 Å². The molecule has 1 fully saturated rings. The van der Waals surface area contributed by atoms with E-state index in [9.17, 15) is 23.1 Å². The number of rotatable bonds is 6. The monoisotopic (exact) mass is 387 g/mol. The highest BCUT2D eigenvalue weighted by atomic mass is 32.2. The molecule has 1 aromatic rings. The summed E-state index contributed by atoms with van der Waals surface area (Å²) in [6.45, 7) is 4.32. The van der Waals surface area contributed by atoms with Crippen LogP contribution in [-0.4, -0.2) is 42.1 Å². The van der Waals surface area contributed by atoms with Crippen LogP contribution in [0.2, 0.25) is 0 Å². The molecule has 2 rings (SSSR count). The maximum atomic E-state index is 12.5. The summed E-state index contributed by atoms with van der Waals surface area (Å²) in [6.07, 6.45) is 3.89. The van der Waals surface area contributed by atoms with Gasteiger partial charge in [0.15, 0.2) is 5.76 Å². The molecule has 1 aromatic heterocycles. The maximum Gasteiger partial charge on any atom is 0.329 e. The van der Waals surface area contributed by atoms with Crippen molar-refractivity contribution in [1.29, 1.82) is 0 Å². The second-order valence-corrected chi connectivity index (χ2v) is 8.44. The highest BCUT2D eigenvalue weighted by Gasteiger charge is 2.41. The molecule has 1 heterocycles. The molecule has 1 amide bonds. The molecule has 0 aliphatic heterocycles. The van der Waals surface area contributed by atoms with Crippen LogP contribution >= 0.6 is 0 Å². The molecule has 3 N–H and O–H groups in total. The smallest absolute Gasteiger partial charge is 0.329 e. The van der Waals surface area contributed by atoms with Crippen molar-refractivity contribution >= 4 is 21.9 Å². The van der Waals surface area contributed by atoms with Crippen LogP contribution < -0.4 is 10.0 Å². The van der Waals surface area contributed by atoms with Gasteiger partial charge in [0.2, 0.25) is 15.9 Å². The molecule has 0 bridgehead atoms. The summed E-state index contributed by atoms with van der Waals surface area (Å²) in [5.74, 6) is -1.65. The number of amides is 1. The topological polar surface area (TPSA) is 139 Å². The molecular weight excluding hydrogens is 362 g/mol. The van der Waals surface area contributed by atoms with E-state index in [-0.39, 0.29) is 16.3 Å². The van der Waals surface area contributed by atoms with Crippen molar-refractivity contribution < 1.29 is 27.6 Å². The first-order valence-electron chi connectivity index (χ1n) is 8.60. The molecule has 146 valence electrons. The highest BCUT2D eigenvalue weighted by Crippen LogP contribution is 2.28. The van der Waals surface area contributed by atoms with Gasteiger partial charge in [0.05, 0.1) is 6.04 Å². The van der Waals surface area contributed by atoms with Crippen molar-refractivity contribution in [3.8, 4) is 0 Å². The van der Waals surface area contributed by atoms with Crippen molar-refractivity contribution in [2.45, 2.75) is 75.8 Å². The van der Waals surface area contributed by atoms with E-state index in [4.69, 9.17) is 4.52 Å². The van der Waals surface area contributed by atoms with E-state index >= 15 is 0 Å². The fourth-order valence-electron chi connectivity index (χ4n) is 3.27. The Kier molecular flexibility index (Phi) is 6.07. The Hall–Kier alpha value is -1.94. The lowest BCUT2D eigenvalue weighted by Crippen LogP contribution is -2.58. The molecule has 1 atom stereocenters. The van der Waals surface area contributed by atoms with E-state index in [1.807, 2.05) is 0 Å². The molecule has 1 aliphatic carbocycles. The lowest BCUT2D eigenvalue weighted by Gasteiger charge is -2.30. The lowest BCUT2D eigenvalue weighted by atomic mass is 9.90. The Bertz CT molecular complexity index is 758. The number of nitrogens with one attached hydrogen (secondary N) is 2. The molecule has 1 unspecified atom stereocenters. The third-order valence-corrected chi connectivity index (χ3v) is 6.47. The van der Waals surface area contributed by atoms with E-state index in [1.165, 1.54) is 20.8 Å². The number of aryl methyl sites for hydroxylation is 2. The Labute approximate surface area is 152 Å². The average Bonchev–Trinajstić information content (AvgIpc) is 2.74.